The Morgan fingerprint density at radius 1 is 0.370 bits per heavy atom. The number of aromatic hydroxyl groups is 2. The van der Waals surface area contributed by atoms with Gasteiger partial charge in [-0.3, -0.25) is 9.59 Å². The van der Waals surface area contributed by atoms with Gasteiger partial charge in [-0.2, -0.15) is 0 Å². The molecule has 6 aromatic carbocycles. The molecule has 0 aliphatic heterocycles. The van der Waals surface area contributed by atoms with Gasteiger partial charge in [0.25, 0.3) is 0 Å². The van der Waals surface area contributed by atoms with Gasteiger partial charge in [-0.25, -0.2) is 0 Å². The summed E-state index contributed by atoms with van der Waals surface area (Å²) >= 11 is 52.9. The second-order valence-corrected chi connectivity index (χ2v) is 14.6. The van der Waals surface area contributed by atoms with Crippen LogP contribution in [0.5, 0.6) is 46.0 Å². The van der Waals surface area contributed by atoms with Gasteiger partial charge in [0.2, 0.25) is 11.6 Å². The molecule has 0 bridgehead atoms. The highest BCUT2D eigenvalue weighted by molar-refractivity contribution is 6.41. The van der Waals surface area contributed by atoms with Crippen LogP contribution in [0.15, 0.2) is 84.9 Å². The maximum atomic E-state index is 14.8. The normalized spacial score (nSPS) is 11.9. The van der Waals surface area contributed by atoms with Crippen LogP contribution in [0.2, 0.25) is 40.2 Å². The zero-order chi connectivity index (χ0) is 38.6. The number of hydrogen-bond acceptors (Lipinski definition) is 8. The number of halogens is 8. The zero-order valence-corrected chi connectivity index (χ0v) is 32.6. The highest BCUT2D eigenvalue weighted by Gasteiger charge is 2.44. The summed E-state index contributed by atoms with van der Waals surface area (Å²) in [4.78, 5) is 29.6. The number of carbonyl (C=O) groups is 2. The lowest BCUT2D eigenvalue weighted by molar-refractivity contribution is 0.0969. The average molecular weight is 883 g/mol. The standard InChI is InChI=1S/C38H17Cl8NO7/c39-15-5-1-6-16(40)29(15)47-30-36(52-33-17(41)7-2-8-18(33)42)27-28(32(51)26-24(49)14-13-23(48)25(26)31(27)50)37(53-34-19(43)9-3-10-20(34)44)38(30)54-35-21(45)11-4-12-22(35)46/h1-14,47-49H. The second-order valence-electron chi connectivity index (χ2n) is 11.3. The third kappa shape index (κ3) is 6.72. The van der Waals surface area contributed by atoms with E-state index in [2.05, 4.69) is 5.32 Å². The molecule has 0 fully saturated rings. The fourth-order valence-electron chi connectivity index (χ4n) is 5.60. The smallest absolute Gasteiger partial charge is 0.202 e. The lowest BCUT2D eigenvalue weighted by Crippen LogP contribution is -2.24. The first-order chi connectivity index (χ1) is 25.8. The summed E-state index contributed by atoms with van der Waals surface area (Å²) in [6, 6.07) is 20.2. The van der Waals surface area contributed by atoms with Crippen molar-refractivity contribution in [1.82, 2.24) is 0 Å². The topological polar surface area (TPSA) is 114 Å². The van der Waals surface area contributed by atoms with E-state index in [1.165, 1.54) is 48.5 Å². The van der Waals surface area contributed by atoms with Crippen LogP contribution < -0.4 is 19.5 Å². The minimum absolute atomic E-state index is 0.00625. The van der Waals surface area contributed by atoms with E-state index >= 15 is 0 Å². The monoisotopic (exact) mass is 879 g/mol. The fraction of sp³-hybridized carbons (Fsp3) is 0. The molecule has 0 unspecified atom stereocenters. The van der Waals surface area contributed by atoms with Gasteiger partial charge in [-0.15, -0.1) is 0 Å². The number of fused-ring (bicyclic) bond motifs is 2. The van der Waals surface area contributed by atoms with Gasteiger partial charge in [0, 0.05) is 0 Å². The van der Waals surface area contributed by atoms with Gasteiger partial charge in [-0.05, 0) is 60.7 Å². The van der Waals surface area contributed by atoms with Crippen LogP contribution in [0.4, 0.5) is 11.4 Å². The maximum absolute atomic E-state index is 14.8. The number of phenolic OH excluding ortho intramolecular Hbond substituents is 2. The molecule has 8 nitrogen and oxygen atoms in total. The van der Waals surface area contributed by atoms with Gasteiger partial charge < -0.3 is 29.7 Å². The zero-order valence-electron chi connectivity index (χ0n) is 26.5. The molecular weight excluding hydrogens is 866 g/mol. The second kappa shape index (κ2) is 15.1. The summed E-state index contributed by atoms with van der Waals surface area (Å²) in [5, 5.41) is 25.2. The van der Waals surface area contributed by atoms with Crippen molar-refractivity contribution in [3.05, 3.63) is 147 Å². The third-order valence-electron chi connectivity index (χ3n) is 8.02. The highest BCUT2D eigenvalue weighted by Crippen LogP contribution is 2.59. The van der Waals surface area contributed by atoms with E-state index in [4.69, 9.17) is 107 Å². The summed E-state index contributed by atoms with van der Waals surface area (Å²) in [5.41, 5.74) is -2.33. The predicted octanol–water partition coefficient (Wildman–Crippen LogP) is 14.2. The molecule has 6 aromatic rings. The Morgan fingerprint density at radius 3 is 1.07 bits per heavy atom. The van der Waals surface area contributed by atoms with Gasteiger partial charge >= 0.3 is 0 Å². The number of ether oxygens (including phenoxy) is 3. The first-order valence-electron chi connectivity index (χ1n) is 15.2. The fourth-order valence-corrected chi connectivity index (χ4v) is 7.52. The SMILES string of the molecule is O=C1c2c(O)ccc(O)c2C(=O)c2c(Oc3c(Cl)cccc3Cl)c(Oc3c(Cl)cccc3Cl)c(Nc3c(Cl)cccc3Cl)c(Oc3c(Cl)cccc3Cl)c21. The lowest BCUT2D eigenvalue weighted by atomic mass is 9.81. The van der Waals surface area contributed by atoms with Crippen LogP contribution in [0, 0.1) is 0 Å². The Labute approximate surface area is 346 Å². The number of para-hydroxylation sites is 4. The molecule has 0 amide bonds. The highest BCUT2D eigenvalue weighted by atomic mass is 35.5. The minimum Gasteiger partial charge on any atom is -0.507 e. The van der Waals surface area contributed by atoms with Crippen LogP contribution in [0.25, 0.3) is 0 Å². The number of rotatable bonds is 8. The number of hydrogen-bond donors (Lipinski definition) is 3. The van der Waals surface area contributed by atoms with Crippen LogP contribution in [-0.2, 0) is 0 Å². The first-order valence-corrected chi connectivity index (χ1v) is 18.3. The summed E-state index contributed by atoms with van der Waals surface area (Å²) in [6.07, 6.45) is 0. The molecule has 0 saturated carbocycles. The molecule has 0 heterocycles. The number of ketones is 2. The number of carbonyl (C=O) groups excluding carboxylic acids is 2. The molecule has 3 N–H and O–H groups in total. The van der Waals surface area contributed by atoms with Crippen LogP contribution in [0.3, 0.4) is 0 Å². The van der Waals surface area contributed by atoms with Crippen molar-refractivity contribution in [2.24, 2.45) is 0 Å². The Morgan fingerprint density at radius 2 is 0.685 bits per heavy atom. The molecule has 7 rings (SSSR count). The molecule has 54 heavy (non-hydrogen) atoms. The average Bonchev–Trinajstić information content (AvgIpc) is 3.12. The number of phenols is 2. The molecular formula is C38H17Cl8NO7. The predicted molar refractivity (Wildman–Crippen MR) is 212 cm³/mol. The van der Waals surface area contributed by atoms with Gasteiger partial charge in [0.05, 0.1) is 68.1 Å². The molecule has 0 aromatic heterocycles. The quantitative estimate of drug-likeness (QED) is 0.129. The number of nitrogens with one attached hydrogen (secondary N) is 1. The van der Waals surface area contributed by atoms with Crippen molar-refractivity contribution in [1.29, 1.82) is 0 Å². The molecule has 1 aliphatic rings. The van der Waals surface area contributed by atoms with Crippen LogP contribution in [-0.4, -0.2) is 21.8 Å². The van der Waals surface area contributed by atoms with Gasteiger partial charge in [0.1, 0.15) is 17.2 Å². The molecule has 0 radical (unpaired) electrons. The van der Waals surface area contributed by atoms with E-state index in [0.717, 1.165) is 12.1 Å². The van der Waals surface area contributed by atoms with E-state index in [1.807, 2.05) is 0 Å². The van der Waals surface area contributed by atoms with Crippen molar-refractivity contribution in [3.8, 4) is 46.0 Å². The third-order valence-corrected chi connectivity index (χ3v) is 10.4. The molecule has 0 spiro atoms. The summed E-state index contributed by atoms with van der Waals surface area (Å²) in [7, 11) is 0. The minimum atomic E-state index is -1.02. The van der Waals surface area contributed by atoms with E-state index in [1.54, 1.807) is 24.3 Å². The molecule has 0 atom stereocenters. The molecule has 0 saturated heterocycles. The van der Waals surface area contributed by atoms with Crippen molar-refractivity contribution >= 4 is 116 Å². The Kier molecular flexibility index (Phi) is 10.7. The summed E-state index contributed by atoms with van der Waals surface area (Å²) in [5.74, 6) is -5.09. The van der Waals surface area contributed by atoms with Crippen molar-refractivity contribution in [2.75, 3.05) is 5.32 Å². The van der Waals surface area contributed by atoms with Crippen LogP contribution >= 0.6 is 92.8 Å². The van der Waals surface area contributed by atoms with Crippen LogP contribution in [0.1, 0.15) is 31.8 Å². The van der Waals surface area contributed by atoms with Crippen molar-refractivity contribution < 1.29 is 34.0 Å². The number of anilines is 2. The first kappa shape index (κ1) is 38.1. The Hall–Kier alpha value is -4.22. The largest absolute Gasteiger partial charge is 0.507 e. The Balaban J connectivity index is 1.70. The van der Waals surface area contributed by atoms with Crippen molar-refractivity contribution in [3.63, 3.8) is 0 Å². The summed E-state index contributed by atoms with van der Waals surface area (Å²) < 4.78 is 19.3. The van der Waals surface area contributed by atoms with E-state index in [0.29, 0.717) is 0 Å². The van der Waals surface area contributed by atoms with Crippen molar-refractivity contribution in [2.45, 2.75) is 0 Å². The van der Waals surface area contributed by atoms with Gasteiger partial charge in [0.15, 0.2) is 34.5 Å². The van der Waals surface area contributed by atoms with E-state index < -0.39 is 62.6 Å². The van der Waals surface area contributed by atoms with Gasteiger partial charge in [-0.1, -0.05) is 117 Å². The molecule has 16 heteroatoms. The maximum Gasteiger partial charge on any atom is 0.202 e. The lowest BCUT2D eigenvalue weighted by Gasteiger charge is -2.29. The molecule has 272 valence electrons. The Bertz CT molecular complexity index is 2320. The number of benzene rings is 6. The van der Waals surface area contributed by atoms with E-state index in [-0.39, 0.29) is 68.8 Å². The molecule has 1 aliphatic carbocycles. The summed E-state index contributed by atoms with van der Waals surface area (Å²) in [6.45, 7) is 0. The van der Waals surface area contributed by atoms with E-state index in [9.17, 15) is 19.8 Å².